The first-order valence-corrected chi connectivity index (χ1v) is 10.1. The number of amides is 1. The molecule has 1 N–H and O–H groups in total. The molecule has 1 aromatic rings. The molecule has 1 aliphatic rings. The summed E-state index contributed by atoms with van der Waals surface area (Å²) >= 11 is 1.59. The Kier molecular flexibility index (Phi) is 5.52. The molecular weight excluding hydrogens is 320 g/mol. The largest absolute Gasteiger partial charge is 0.312 e. The highest BCUT2D eigenvalue weighted by Crippen LogP contribution is 2.29. The zero-order chi connectivity index (χ0) is 16.3. The molecule has 22 heavy (non-hydrogen) atoms. The molecule has 0 unspecified atom stereocenters. The van der Waals surface area contributed by atoms with Crippen LogP contribution in [0.25, 0.3) is 0 Å². The quantitative estimate of drug-likeness (QED) is 0.889. The fourth-order valence-electron chi connectivity index (χ4n) is 2.67. The summed E-state index contributed by atoms with van der Waals surface area (Å²) in [7, 11) is -3.57. The maximum absolute atomic E-state index is 12.5. The molecule has 7 heteroatoms. The fourth-order valence-corrected chi connectivity index (χ4v) is 4.62. The summed E-state index contributed by atoms with van der Waals surface area (Å²) in [5.74, 6) is 0.656. The molecule has 0 saturated carbocycles. The number of benzene rings is 1. The van der Waals surface area contributed by atoms with Gasteiger partial charge in [0.15, 0.2) is 0 Å². The molecule has 1 aromatic carbocycles. The number of hydrogen-bond acceptors (Lipinski definition) is 4. The third-order valence-electron chi connectivity index (χ3n) is 3.64. The molecule has 1 atom stereocenters. The Morgan fingerprint density at radius 3 is 2.82 bits per heavy atom. The number of sulfonamides is 1. The lowest BCUT2D eigenvalue weighted by molar-refractivity contribution is -0.116. The third-order valence-corrected chi connectivity index (χ3v) is 6.06. The topological polar surface area (TPSA) is 66.5 Å². The Morgan fingerprint density at radius 2 is 2.18 bits per heavy atom. The van der Waals surface area contributed by atoms with E-state index >= 15 is 0 Å². The van der Waals surface area contributed by atoms with Crippen molar-refractivity contribution in [1.82, 2.24) is 4.72 Å². The second-order valence-electron chi connectivity index (χ2n) is 5.54. The van der Waals surface area contributed by atoms with Gasteiger partial charge >= 0.3 is 0 Å². The van der Waals surface area contributed by atoms with Crippen molar-refractivity contribution in [1.29, 1.82) is 0 Å². The van der Waals surface area contributed by atoms with Crippen molar-refractivity contribution < 1.29 is 13.2 Å². The van der Waals surface area contributed by atoms with Crippen LogP contribution in [-0.2, 0) is 21.2 Å². The minimum absolute atomic E-state index is 0.0563. The van der Waals surface area contributed by atoms with Gasteiger partial charge in [-0.1, -0.05) is 6.07 Å². The van der Waals surface area contributed by atoms with Crippen LogP contribution in [-0.4, -0.2) is 38.9 Å². The molecule has 1 aliphatic heterocycles. The summed E-state index contributed by atoms with van der Waals surface area (Å²) in [6.07, 6.45) is 3.71. The second-order valence-corrected chi connectivity index (χ2v) is 8.17. The molecular formula is C15H22N2O3S2. The molecule has 0 aromatic heterocycles. The van der Waals surface area contributed by atoms with E-state index in [0.29, 0.717) is 12.3 Å². The molecule has 1 heterocycles. The highest BCUT2D eigenvalue weighted by Gasteiger charge is 2.24. The van der Waals surface area contributed by atoms with E-state index in [4.69, 9.17) is 0 Å². The first-order chi connectivity index (χ1) is 10.3. The molecule has 0 fully saturated rings. The normalized spacial score (nSPS) is 16.2. The van der Waals surface area contributed by atoms with Crippen LogP contribution in [0.2, 0.25) is 0 Å². The Hall–Kier alpha value is -1.05. The van der Waals surface area contributed by atoms with Gasteiger partial charge < -0.3 is 4.90 Å². The van der Waals surface area contributed by atoms with Crippen molar-refractivity contribution in [3.05, 3.63) is 23.8 Å². The number of anilines is 1. The van der Waals surface area contributed by atoms with Gasteiger partial charge in [0.05, 0.1) is 4.90 Å². The standard InChI is InChI=1S/C15H22N2O3S2/c1-11(10-21-3)16-22(19,20)14-7-6-13-5-4-8-17(12(2)18)15(13)9-14/h6-7,9,11,16H,4-5,8,10H2,1-3H3/t11-/m0/s1. The second kappa shape index (κ2) is 7.02. The van der Waals surface area contributed by atoms with Gasteiger partial charge in [0.25, 0.3) is 0 Å². The Morgan fingerprint density at radius 1 is 1.45 bits per heavy atom. The number of rotatable bonds is 5. The van der Waals surface area contributed by atoms with Crippen LogP contribution in [0.5, 0.6) is 0 Å². The number of fused-ring (bicyclic) bond motifs is 1. The van der Waals surface area contributed by atoms with Crippen LogP contribution in [0, 0.1) is 0 Å². The smallest absolute Gasteiger partial charge is 0.240 e. The molecule has 1 amide bonds. The third kappa shape index (κ3) is 3.83. The number of hydrogen-bond donors (Lipinski definition) is 1. The molecule has 0 bridgehead atoms. The summed E-state index contributed by atoms with van der Waals surface area (Å²) in [5.41, 5.74) is 1.75. The number of thioether (sulfide) groups is 1. The number of carbonyl (C=O) groups is 1. The van der Waals surface area contributed by atoms with E-state index in [1.165, 1.54) is 6.92 Å². The highest BCUT2D eigenvalue weighted by molar-refractivity contribution is 7.98. The van der Waals surface area contributed by atoms with Crippen LogP contribution < -0.4 is 9.62 Å². The molecule has 0 spiro atoms. The van der Waals surface area contributed by atoms with E-state index in [0.717, 1.165) is 24.1 Å². The van der Waals surface area contributed by atoms with Crippen LogP contribution >= 0.6 is 11.8 Å². The monoisotopic (exact) mass is 342 g/mol. The predicted molar refractivity (Wildman–Crippen MR) is 91.0 cm³/mol. The average Bonchev–Trinajstić information content (AvgIpc) is 2.45. The first kappa shape index (κ1) is 17.3. The predicted octanol–water partition coefficient (Wildman–Crippen LogP) is 2.02. The number of nitrogens with zero attached hydrogens (tertiary/aromatic N) is 1. The number of carbonyl (C=O) groups excluding carboxylic acids is 1. The van der Waals surface area contributed by atoms with Gasteiger partial charge in [0.1, 0.15) is 0 Å². The van der Waals surface area contributed by atoms with E-state index in [9.17, 15) is 13.2 Å². The molecule has 0 radical (unpaired) electrons. The summed E-state index contributed by atoms with van der Waals surface area (Å²) in [5, 5.41) is 0. The van der Waals surface area contributed by atoms with E-state index in [2.05, 4.69) is 4.72 Å². The van der Waals surface area contributed by atoms with Gasteiger partial charge in [-0.3, -0.25) is 4.79 Å². The summed E-state index contributed by atoms with van der Waals surface area (Å²) in [4.78, 5) is 13.6. The lowest BCUT2D eigenvalue weighted by atomic mass is 10.0. The van der Waals surface area contributed by atoms with Crippen LogP contribution in [0.1, 0.15) is 25.8 Å². The van der Waals surface area contributed by atoms with Crippen molar-refractivity contribution in [3.63, 3.8) is 0 Å². The minimum atomic E-state index is -3.57. The maximum Gasteiger partial charge on any atom is 0.240 e. The Labute approximate surface area is 136 Å². The van der Waals surface area contributed by atoms with Gasteiger partial charge in [-0.25, -0.2) is 13.1 Å². The molecule has 5 nitrogen and oxygen atoms in total. The fraction of sp³-hybridized carbons (Fsp3) is 0.533. The van der Waals surface area contributed by atoms with Crippen molar-refractivity contribution >= 4 is 33.4 Å². The Bertz CT molecular complexity index is 659. The molecule has 122 valence electrons. The van der Waals surface area contributed by atoms with Gasteiger partial charge in [0, 0.05) is 31.0 Å². The molecule has 2 rings (SSSR count). The number of nitrogens with one attached hydrogen (secondary N) is 1. The van der Waals surface area contributed by atoms with Crippen LogP contribution in [0.15, 0.2) is 23.1 Å². The Balaban J connectivity index is 2.33. The van der Waals surface area contributed by atoms with Crippen molar-refractivity contribution in [2.75, 3.05) is 23.5 Å². The summed E-state index contributed by atoms with van der Waals surface area (Å²) in [6, 6.07) is 4.92. The lowest BCUT2D eigenvalue weighted by Gasteiger charge is -2.29. The first-order valence-electron chi connectivity index (χ1n) is 7.27. The van der Waals surface area contributed by atoms with Crippen molar-refractivity contribution in [2.24, 2.45) is 0 Å². The molecule has 0 saturated heterocycles. The van der Waals surface area contributed by atoms with Gasteiger partial charge in [-0.05, 0) is 43.7 Å². The van der Waals surface area contributed by atoms with Gasteiger partial charge in [-0.15, -0.1) is 0 Å². The summed E-state index contributed by atoms with van der Waals surface area (Å²) in [6.45, 7) is 3.99. The van der Waals surface area contributed by atoms with E-state index in [-0.39, 0.29) is 16.8 Å². The van der Waals surface area contributed by atoms with Gasteiger partial charge in [-0.2, -0.15) is 11.8 Å². The van der Waals surface area contributed by atoms with E-state index in [1.54, 1.807) is 28.8 Å². The van der Waals surface area contributed by atoms with Gasteiger partial charge in [0.2, 0.25) is 15.9 Å². The van der Waals surface area contributed by atoms with Crippen molar-refractivity contribution in [2.45, 2.75) is 37.6 Å². The SMILES string of the molecule is CSC[C@H](C)NS(=O)(=O)c1ccc2c(c1)N(C(C)=O)CCC2. The zero-order valence-electron chi connectivity index (χ0n) is 13.1. The van der Waals surface area contributed by atoms with Crippen LogP contribution in [0.4, 0.5) is 5.69 Å². The van der Waals surface area contributed by atoms with E-state index < -0.39 is 10.0 Å². The van der Waals surface area contributed by atoms with Crippen LogP contribution in [0.3, 0.4) is 0 Å². The maximum atomic E-state index is 12.5. The zero-order valence-corrected chi connectivity index (χ0v) is 14.8. The number of aryl methyl sites for hydroxylation is 1. The van der Waals surface area contributed by atoms with E-state index in [1.807, 2.05) is 19.2 Å². The lowest BCUT2D eigenvalue weighted by Crippen LogP contribution is -2.36. The average molecular weight is 342 g/mol. The highest BCUT2D eigenvalue weighted by atomic mass is 32.2. The molecule has 0 aliphatic carbocycles. The minimum Gasteiger partial charge on any atom is -0.312 e. The summed E-state index contributed by atoms with van der Waals surface area (Å²) < 4.78 is 27.6. The van der Waals surface area contributed by atoms with Crippen molar-refractivity contribution in [3.8, 4) is 0 Å².